The molecule has 0 aliphatic heterocycles. The highest BCUT2D eigenvalue weighted by Crippen LogP contribution is 2.14. The van der Waals surface area contributed by atoms with Crippen molar-refractivity contribution in [1.82, 2.24) is 4.98 Å². The molecule has 16 heavy (non-hydrogen) atoms. The minimum atomic E-state index is -0.725. The zero-order valence-corrected chi connectivity index (χ0v) is 9.30. The molecule has 1 aromatic rings. The topological polar surface area (TPSA) is 76.2 Å². The predicted molar refractivity (Wildman–Crippen MR) is 62.0 cm³/mol. The average Bonchev–Trinajstić information content (AvgIpc) is 2.30. The van der Waals surface area contributed by atoms with E-state index in [1.165, 1.54) is 0 Å². The number of hydrogen-bond donors (Lipinski definition) is 2. The largest absolute Gasteiger partial charge is 0.481 e. The van der Waals surface area contributed by atoms with Crippen LogP contribution in [0.2, 0.25) is 0 Å². The van der Waals surface area contributed by atoms with E-state index >= 15 is 0 Å². The molecule has 3 N–H and O–H groups in total. The first kappa shape index (κ1) is 12.6. The molecule has 1 rings (SSSR count). The van der Waals surface area contributed by atoms with E-state index in [9.17, 15) is 4.79 Å². The maximum atomic E-state index is 11.0. The van der Waals surface area contributed by atoms with Gasteiger partial charge in [0, 0.05) is 12.4 Å². The van der Waals surface area contributed by atoms with Gasteiger partial charge in [-0.2, -0.15) is 0 Å². The molecule has 0 radical (unpaired) electrons. The maximum Gasteiger partial charge on any atom is 0.306 e. The number of aliphatic carboxylic acids is 1. The van der Waals surface area contributed by atoms with Crippen molar-refractivity contribution in [3.63, 3.8) is 0 Å². The Morgan fingerprint density at radius 1 is 1.50 bits per heavy atom. The molecule has 1 atom stereocenters. The van der Waals surface area contributed by atoms with Crippen LogP contribution in [0.25, 0.3) is 0 Å². The molecule has 0 spiro atoms. The highest BCUT2D eigenvalue weighted by Gasteiger charge is 2.16. The smallest absolute Gasteiger partial charge is 0.306 e. The third-order valence-electron chi connectivity index (χ3n) is 2.61. The molecule has 1 heterocycles. The summed E-state index contributed by atoms with van der Waals surface area (Å²) in [6.45, 7) is 0.552. The minimum absolute atomic E-state index is 0.288. The predicted octanol–water partition coefficient (Wildman–Crippen LogP) is 1.45. The van der Waals surface area contributed by atoms with Gasteiger partial charge in [-0.1, -0.05) is 6.07 Å². The third-order valence-corrected chi connectivity index (χ3v) is 2.61. The number of carboxylic acids is 1. The number of aryl methyl sites for hydroxylation is 1. The van der Waals surface area contributed by atoms with Crippen LogP contribution >= 0.6 is 0 Å². The number of carboxylic acid groups (broad SMARTS) is 1. The molecule has 1 unspecified atom stereocenters. The Hall–Kier alpha value is -1.42. The lowest BCUT2D eigenvalue weighted by molar-refractivity contribution is -0.142. The summed E-state index contributed by atoms with van der Waals surface area (Å²) in [6.07, 6.45) is 6.33. The Kier molecular flexibility index (Phi) is 5.50. The van der Waals surface area contributed by atoms with Gasteiger partial charge < -0.3 is 10.8 Å². The number of pyridine rings is 1. The summed E-state index contributed by atoms with van der Waals surface area (Å²) in [7, 11) is 0. The van der Waals surface area contributed by atoms with Crippen molar-refractivity contribution in [2.75, 3.05) is 6.54 Å². The Morgan fingerprint density at radius 2 is 2.31 bits per heavy atom. The van der Waals surface area contributed by atoms with Gasteiger partial charge in [0.25, 0.3) is 0 Å². The first-order valence-corrected chi connectivity index (χ1v) is 5.56. The van der Waals surface area contributed by atoms with Crippen LogP contribution in [0.1, 0.15) is 24.8 Å². The standard InChI is InChI=1S/C12H18N2O2/c13-7-1-4-11(12(15)16)6-5-10-3-2-8-14-9-10/h2-3,8-9,11H,1,4-7,13H2,(H,15,16). The van der Waals surface area contributed by atoms with Gasteiger partial charge in [-0.05, 0) is 43.9 Å². The molecular formula is C12H18N2O2. The fourth-order valence-corrected chi connectivity index (χ4v) is 1.64. The molecule has 88 valence electrons. The number of aromatic nitrogens is 1. The van der Waals surface area contributed by atoms with Gasteiger partial charge in [-0.25, -0.2) is 0 Å². The number of nitrogens with two attached hydrogens (primary N) is 1. The van der Waals surface area contributed by atoms with Gasteiger partial charge in [0.1, 0.15) is 0 Å². The van der Waals surface area contributed by atoms with Gasteiger partial charge in [0.2, 0.25) is 0 Å². The first-order chi connectivity index (χ1) is 7.74. The summed E-state index contributed by atoms with van der Waals surface area (Å²) >= 11 is 0. The Bertz CT molecular complexity index is 314. The van der Waals surface area contributed by atoms with Crippen LogP contribution in [0.3, 0.4) is 0 Å². The van der Waals surface area contributed by atoms with E-state index in [4.69, 9.17) is 10.8 Å². The number of carbonyl (C=O) groups is 1. The van der Waals surface area contributed by atoms with Gasteiger partial charge in [-0.3, -0.25) is 9.78 Å². The van der Waals surface area contributed by atoms with Crippen molar-refractivity contribution in [2.45, 2.75) is 25.7 Å². The normalized spacial score (nSPS) is 12.3. The fourth-order valence-electron chi connectivity index (χ4n) is 1.64. The average molecular weight is 222 g/mol. The zero-order valence-electron chi connectivity index (χ0n) is 9.30. The van der Waals surface area contributed by atoms with Crippen molar-refractivity contribution in [3.05, 3.63) is 30.1 Å². The van der Waals surface area contributed by atoms with Crippen LogP contribution in [0.15, 0.2) is 24.5 Å². The van der Waals surface area contributed by atoms with Gasteiger partial charge >= 0.3 is 5.97 Å². The van der Waals surface area contributed by atoms with Crippen LogP contribution in [-0.2, 0) is 11.2 Å². The van der Waals surface area contributed by atoms with E-state index in [2.05, 4.69) is 4.98 Å². The number of rotatable bonds is 7. The van der Waals surface area contributed by atoms with Gasteiger partial charge in [0.15, 0.2) is 0 Å². The van der Waals surface area contributed by atoms with E-state index in [0.717, 1.165) is 18.4 Å². The molecule has 0 fully saturated rings. The molecule has 4 nitrogen and oxygen atoms in total. The third kappa shape index (κ3) is 4.40. The molecule has 0 aliphatic rings. The summed E-state index contributed by atoms with van der Waals surface area (Å²) in [5.74, 6) is -1.01. The quantitative estimate of drug-likeness (QED) is 0.732. The molecule has 0 saturated carbocycles. The Morgan fingerprint density at radius 3 is 2.88 bits per heavy atom. The van der Waals surface area contributed by atoms with Crippen LogP contribution in [0, 0.1) is 5.92 Å². The summed E-state index contributed by atoms with van der Waals surface area (Å²) in [5, 5.41) is 9.02. The van der Waals surface area contributed by atoms with E-state index < -0.39 is 5.97 Å². The van der Waals surface area contributed by atoms with Crippen molar-refractivity contribution < 1.29 is 9.90 Å². The molecule has 0 aromatic carbocycles. The van der Waals surface area contributed by atoms with Crippen LogP contribution in [0.4, 0.5) is 0 Å². The van der Waals surface area contributed by atoms with Crippen molar-refractivity contribution in [3.8, 4) is 0 Å². The lowest BCUT2D eigenvalue weighted by Gasteiger charge is -2.11. The molecular weight excluding hydrogens is 204 g/mol. The molecule has 4 heteroatoms. The first-order valence-electron chi connectivity index (χ1n) is 5.56. The molecule has 0 bridgehead atoms. The minimum Gasteiger partial charge on any atom is -0.481 e. The van der Waals surface area contributed by atoms with Crippen LogP contribution in [-0.4, -0.2) is 22.6 Å². The molecule has 1 aromatic heterocycles. The second-order valence-corrected chi connectivity index (χ2v) is 3.87. The summed E-state index contributed by atoms with van der Waals surface area (Å²) in [4.78, 5) is 15.0. The zero-order chi connectivity index (χ0) is 11.8. The lowest BCUT2D eigenvalue weighted by Crippen LogP contribution is -2.16. The second kappa shape index (κ2) is 6.95. The molecule has 0 amide bonds. The lowest BCUT2D eigenvalue weighted by atomic mass is 9.96. The highest BCUT2D eigenvalue weighted by molar-refractivity contribution is 5.69. The summed E-state index contributed by atoms with van der Waals surface area (Å²) < 4.78 is 0. The van der Waals surface area contributed by atoms with E-state index in [1.54, 1.807) is 12.4 Å². The monoisotopic (exact) mass is 222 g/mol. The van der Waals surface area contributed by atoms with Crippen LogP contribution < -0.4 is 5.73 Å². The molecule has 0 aliphatic carbocycles. The van der Waals surface area contributed by atoms with E-state index in [-0.39, 0.29) is 5.92 Å². The second-order valence-electron chi connectivity index (χ2n) is 3.87. The van der Waals surface area contributed by atoms with Crippen LogP contribution in [0.5, 0.6) is 0 Å². The van der Waals surface area contributed by atoms with Gasteiger partial charge in [0.05, 0.1) is 5.92 Å². The van der Waals surface area contributed by atoms with E-state index in [0.29, 0.717) is 19.4 Å². The number of nitrogens with zero attached hydrogens (tertiary/aromatic N) is 1. The summed E-state index contributed by atoms with van der Waals surface area (Å²) in [6, 6.07) is 3.83. The Balaban J connectivity index is 2.41. The Labute approximate surface area is 95.5 Å². The van der Waals surface area contributed by atoms with Gasteiger partial charge in [-0.15, -0.1) is 0 Å². The van der Waals surface area contributed by atoms with Crippen molar-refractivity contribution >= 4 is 5.97 Å². The maximum absolute atomic E-state index is 11.0. The summed E-state index contributed by atoms with van der Waals surface area (Å²) in [5.41, 5.74) is 6.47. The molecule has 0 saturated heterocycles. The SMILES string of the molecule is NCCCC(CCc1cccnc1)C(=O)O. The highest BCUT2D eigenvalue weighted by atomic mass is 16.4. The van der Waals surface area contributed by atoms with Crippen molar-refractivity contribution in [2.24, 2.45) is 11.7 Å². The van der Waals surface area contributed by atoms with E-state index in [1.807, 2.05) is 12.1 Å². The van der Waals surface area contributed by atoms with Crippen molar-refractivity contribution in [1.29, 1.82) is 0 Å². The number of hydrogen-bond acceptors (Lipinski definition) is 3. The fraction of sp³-hybridized carbons (Fsp3) is 0.500.